The third-order valence-electron chi connectivity index (χ3n) is 4.00. The van der Waals surface area contributed by atoms with Gasteiger partial charge in [-0.1, -0.05) is 29.3 Å². The van der Waals surface area contributed by atoms with Crippen molar-refractivity contribution < 1.29 is 9.53 Å². The molecule has 3 aromatic rings. The van der Waals surface area contributed by atoms with Crippen LogP contribution >= 0.6 is 23.2 Å². The second-order valence-electron chi connectivity index (χ2n) is 6.12. The van der Waals surface area contributed by atoms with Crippen LogP contribution in [-0.4, -0.2) is 22.8 Å². The predicted octanol–water partition coefficient (Wildman–Crippen LogP) is 4.49. The Bertz CT molecular complexity index is 1080. The molecule has 1 amide bonds. The minimum absolute atomic E-state index is 0.168. The number of carbonyl (C=O) groups excluding carboxylic acids is 1. The number of anilines is 3. The number of amides is 1. The van der Waals surface area contributed by atoms with Crippen molar-refractivity contribution >= 4 is 46.3 Å². The molecule has 3 N–H and O–H groups in total. The van der Waals surface area contributed by atoms with E-state index >= 15 is 0 Å². The average Bonchev–Trinajstić information content (AvgIpc) is 2.96. The Morgan fingerprint density at radius 1 is 1.14 bits per heavy atom. The van der Waals surface area contributed by atoms with Crippen LogP contribution < -0.4 is 20.9 Å². The monoisotopic (exact) mass is 420 g/mol. The number of benzene rings is 2. The number of nitrogens with zero attached hydrogens (tertiary/aromatic N) is 1. The Morgan fingerprint density at radius 2 is 1.82 bits per heavy atom. The van der Waals surface area contributed by atoms with Crippen molar-refractivity contribution in [2.45, 2.75) is 13.8 Å². The molecule has 0 saturated carbocycles. The number of rotatable bonds is 5. The Morgan fingerprint density at radius 3 is 2.43 bits per heavy atom. The van der Waals surface area contributed by atoms with Gasteiger partial charge in [-0.15, -0.1) is 0 Å². The van der Waals surface area contributed by atoms with Crippen LogP contribution in [0.15, 0.2) is 41.2 Å². The molecular formula is C19H18Cl2N4O3. The van der Waals surface area contributed by atoms with Gasteiger partial charge in [0, 0.05) is 36.5 Å². The number of H-pyrrole nitrogens is 1. The van der Waals surface area contributed by atoms with E-state index in [9.17, 15) is 9.59 Å². The SMILES string of the molecule is COc1cc(Cl)c(-n2[nH]c(Nc3cc(NC(C)=O)ccc3C)cc2=O)c(Cl)c1. The fourth-order valence-electron chi connectivity index (χ4n) is 2.68. The summed E-state index contributed by atoms with van der Waals surface area (Å²) in [4.78, 5) is 23.7. The first-order valence-electron chi connectivity index (χ1n) is 8.29. The molecule has 146 valence electrons. The van der Waals surface area contributed by atoms with E-state index in [-0.39, 0.29) is 21.5 Å². The van der Waals surface area contributed by atoms with E-state index in [1.807, 2.05) is 13.0 Å². The van der Waals surface area contributed by atoms with Crippen molar-refractivity contribution in [3.05, 3.63) is 62.4 Å². The highest BCUT2D eigenvalue weighted by Crippen LogP contribution is 2.32. The maximum atomic E-state index is 12.5. The van der Waals surface area contributed by atoms with E-state index < -0.39 is 0 Å². The number of nitrogens with one attached hydrogen (secondary N) is 3. The van der Waals surface area contributed by atoms with Crippen LogP contribution in [0, 0.1) is 6.92 Å². The molecule has 0 spiro atoms. The molecule has 7 nitrogen and oxygen atoms in total. The fraction of sp³-hybridized carbons (Fsp3) is 0.158. The van der Waals surface area contributed by atoms with E-state index in [0.717, 1.165) is 11.3 Å². The van der Waals surface area contributed by atoms with Gasteiger partial charge < -0.3 is 15.4 Å². The lowest BCUT2D eigenvalue weighted by Gasteiger charge is -2.12. The topological polar surface area (TPSA) is 88.2 Å². The Hall–Kier alpha value is -2.90. The van der Waals surface area contributed by atoms with Gasteiger partial charge in [0.1, 0.15) is 17.3 Å². The maximum Gasteiger partial charge on any atom is 0.273 e. The molecule has 0 fully saturated rings. The lowest BCUT2D eigenvalue weighted by Crippen LogP contribution is -2.14. The zero-order valence-electron chi connectivity index (χ0n) is 15.4. The number of carbonyl (C=O) groups is 1. The summed E-state index contributed by atoms with van der Waals surface area (Å²) in [6, 6.07) is 9.97. The Balaban J connectivity index is 1.96. The van der Waals surface area contributed by atoms with Gasteiger partial charge in [-0.05, 0) is 24.6 Å². The van der Waals surface area contributed by atoms with Crippen molar-refractivity contribution in [1.29, 1.82) is 0 Å². The summed E-state index contributed by atoms with van der Waals surface area (Å²) in [5, 5.41) is 9.35. The largest absolute Gasteiger partial charge is 0.497 e. The molecule has 2 aromatic carbocycles. The number of ether oxygens (including phenoxy) is 1. The minimum Gasteiger partial charge on any atom is -0.497 e. The Kier molecular flexibility index (Phi) is 5.67. The van der Waals surface area contributed by atoms with E-state index in [0.29, 0.717) is 22.9 Å². The number of aromatic nitrogens is 2. The van der Waals surface area contributed by atoms with Crippen LogP contribution in [-0.2, 0) is 4.79 Å². The van der Waals surface area contributed by atoms with Crippen LogP contribution in [0.3, 0.4) is 0 Å². The molecular weight excluding hydrogens is 403 g/mol. The van der Waals surface area contributed by atoms with Gasteiger partial charge >= 0.3 is 0 Å². The van der Waals surface area contributed by atoms with Gasteiger partial charge in [-0.2, -0.15) is 0 Å². The van der Waals surface area contributed by atoms with Crippen molar-refractivity contribution in [2.24, 2.45) is 0 Å². The first kappa shape index (κ1) is 19.9. The van der Waals surface area contributed by atoms with Gasteiger partial charge in [0.2, 0.25) is 5.91 Å². The number of hydrogen-bond donors (Lipinski definition) is 3. The van der Waals surface area contributed by atoms with E-state index in [1.165, 1.54) is 24.8 Å². The normalized spacial score (nSPS) is 10.6. The predicted molar refractivity (Wildman–Crippen MR) is 112 cm³/mol. The number of hydrogen-bond acceptors (Lipinski definition) is 4. The summed E-state index contributed by atoms with van der Waals surface area (Å²) in [7, 11) is 1.50. The highest BCUT2D eigenvalue weighted by molar-refractivity contribution is 6.38. The molecule has 1 heterocycles. The standard InChI is InChI=1S/C19H18Cl2N4O3/c1-10-4-5-12(22-11(2)26)6-16(10)23-17-9-18(27)25(24-17)19-14(20)7-13(28-3)8-15(19)21/h4-9,23-24H,1-3H3,(H,22,26). The number of aromatic amines is 1. The molecule has 0 aliphatic carbocycles. The van der Waals surface area contributed by atoms with Crippen molar-refractivity contribution in [3.63, 3.8) is 0 Å². The summed E-state index contributed by atoms with van der Waals surface area (Å²) in [6.45, 7) is 3.35. The third kappa shape index (κ3) is 4.16. The van der Waals surface area contributed by atoms with Gasteiger partial charge in [-0.25, -0.2) is 4.68 Å². The summed E-state index contributed by atoms with van der Waals surface area (Å²) >= 11 is 12.6. The van der Waals surface area contributed by atoms with Crippen LogP contribution in [0.2, 0.25) is 10.0 Å². The molecule has 0 aliphatic heterocycles. The van der Waals surface area contributed by atoms with E-state index in [4.69, 9.17) is 27.9 Å². The molecule has 0 saturated heterocycles. The minimum atomic E-state index is -0.341. The van der Waals surface area contributed by atoms with Crippen molar-refractivity contribution in [2.75, 3.05) is 17.7 Å². The number of halogens is 2. The second kappa shape index (κ2) is 8.00. The van der Waals surface area contributed by atoms with Crippen molar-refractivity contribution in [1.82, 2.24) is 9.78 Å². The lowest BCUT2D eigenvalue weighted by atomic mass is 10.2. The second-order valence-corrected chi connectivity index (χ2v) is 6.93. The van der Waals surface area contributed by atoms with E-state index in [1.54, 1.807) is 24.3 Å². The molecule has 28 heavy (non-hydrogen) atoms. The highest BCUT2D eigenvalue weighted by Gasteiger charge is 2.15. The van der Waals surface area contributed by atoms with Gasteiger partial charge in [0.15, 0.2) is 0 Å². The fourth-order valence-corrected chi connectivity index (χ4v) is 3.32. The summed E-state index contributed by atoms with van der Waals surface area (Å²) in [5.74, 6) is 0.760. The first-order valence-corrected chi connectivity index (χ1v) is 9.05. The smallest absolute Gasteiger partial charge is 0.273 e. The summed E-state index contributed by atoms with van der Waals surface area (Å²) < 4.78 is 6.37. The van der Waals surface area contributed by atoms with Crippen molar-refractivity contribution in [3.8, 4) is 11.4 Å². The molecule has 9 heteroatoms. The van der Waals surface area contributed by atoms with Crippen LogP contribution in [0.25, 0.3) is 5.69 Å². The first-order chi connectivity index (χ1) is 13.3. The van der Waals surface area contributed by atoms with Gasteiger partial charge in [-0.3, -0.25) is 14.7 Å². The van der Waals surface area contributed by atoms with Crippen LogP contribution in [0.4, 0.5) is 17.2 Å². The highest BCUT2D eigenvalue weighted by atomic mass is 35.5. The molecule has 0 aliphatic rings. The van der Waals surface area contributed by atoms with Gasteiger partial charge in [0.25, 0.3) is 5.56 Å². The quantitative estimate of drug-likeness (QED) is 0.567. The third-order valence-corrected chi connectivity index (χ3v) is 4.57. The molecule has 0 bridgehead atoms. The summed E-state index contributed by atoms with van der Waals surface area (Å²) in [6.07, 6.45) is 0. The van der Waals surface area contributed by atoms with Gasteiger partial charge in [0.05, 0.1) is 17.2 Å². The molecule has 0 unspecified atom stereocenters. The molecule has 1 aromatic heterocycles. The average molecular weight is 421 g/mol. The molecule has 0 radical (unpaired) electrons. The molecule has 0 atom stereocenters. The van der Waals surface area contributed by atoms with Crippen LogP contribution in [0.5, 0.6) is 5.75 Å². The number of methoxy groups -OCH3 is 1. The maximum absolute atomic E-state index is 12.5. The zero-order valence-corrected chi connectivity index (χ0v) is 16.9. The molecule has 3 rings (SSSR count). The summed E-state index contributed by atoms with van der Waals surface area (Å²) in [5.41, 5.74) is 2.29. The zero-order chi connectivity index (χ0) is 20.4. The lowest BCUT2D eigenvalue weighted by molar-refractivity contribution is -0.114. The number of aryl methyl sites for hydroxylation is 1. The Labute approximate surface area is 171 Å². The van der Waals surface area contributed by atoms with Crippen LogP contribution in [0.1, 0.15) is 12.5 Å². The van der Waals surface area contributed by atoms with E-state index in [2.05, 4.69) is 15.7 Å².